The van der Waals surface area contributed by atoms with E-state index in [1.165, 1.54) is 11.0 Å². The van der Waals surface area contributed by atoms with Gasteiger partial charge in [-0.05, 0) is 49.3 Å². The molecular weight excluding hydrogens is 292 g/mol. The number of hydrogen-bond acceptors (Lipinski definition) is 2. The second kappa shape index (κ2) is 5.66. The van der Waals surface area contributed by atoms with Gasteiger partial charge in [-0.15, -0.1) is 0 Å². The zero-order chi connectivity index (χ0) is 15.9. The van der Waals surface area contributed by atoms with Crippen LogP contribution in [0, 0.1) is 17.6 Å². The van der Waals surface area contributed by atoms with Crippen molar-refractivity contribution in [1.82, 2.24) is 4.90 Å². The highest BCUT2D eigenvalue weighted by atomic mass is 19.2. The second-order valence-corrected chi connectivity index (χ2v) is 6.00. The van der Waals surface area contributed by atoms with Crippen molar-refractivity contribution in [2.45, 2.75) is 37.6 Å². The standard InChI is InChI=1S/C16H17F2NO3/c17-12-5-4-9(7-13(12)18)10-8-11(10)15(20)19-6-2-1-3-14(19)16(21)22/h4-5,7,10-11,14H,1-3,6,8H2,(H,21,22)/t10-,11+,14-/m0/s1. The number of rotatable bonds is 3. The fourth-order valence-corrected chi connectivity index (χ4v) is 3.24. The van der Waals surface area contributed by atoms with Crippen molar-refractivity contribution in [2.24, 2.45) is 5.92 Å². The summed E-state index contributed by atoms with van der Waals surface area (Å²) in [5, 5.41) is 9.22. The minimum atomic E-state index is -0.974. The van der Waals surface area contributed by atoms with Crippen molar-refractivity contribution in [3.05, 3.63) is 35.4 Å². The monoisotopic (exact) mass is 309 g/mol. The number of nitrogens with zero attached hydrogens (tertiary/aromatic N) is 1. The topological polar surface area (TPSA) is 57.6 Å². The Kier molecular flexibility index (Phi) is 3.85. The molecule has 1 saturated heterocycles. The van der Waals surface area contributed by atoms with E-state index in [1.54, 1.807) is 0 Å². The molecule has 3 atom stereocenters. The maximum Gasteiger partial charge on any atom is 0.326 e. The molecule has 0 spiro atoms. The number of carbonyl (C=O) groups excluding carboxylic acids is 1. The lowest BCUT2D eigenvalue weighted by Crippen LogP contribution is -2.48. The van der Waals surface area contributed by atoms with Crippen molar-refractivity contribution in [2.75, 3.05) is 6.54 Å². The molecule has 6 heteroatoms. The molecule has 22 heavy (non-hydrogen) atoms. The molecular formula is C16H17F2NO3. The Labute approximate surface area is 126 Å². The van der Waals surface area contributed by atoms with Gasteiger partial charge in [0, 0.05) is 12.5 Å². The van der Waals surface area contributed by atoms with E-state index < -0.39 is 23.6 Å². The summed E-state index contributed by atoms with van der Waals surface area (Å²) >= 11 is 0. The minimum absolute atomic E-state index is 0.140. The lowest BCUT2D eigenvalue weighted by molar-refractivity contribution is -0.152. The van der Waals surface area contributed by atoms with E-state index in [-0.39, 0.29) is 17.7 Å². The van der Waals surface area contributed by atoms with E-state index in [9.17, 15) is 23.5 Å². The molecule has 1 aromatic carbocycles. The molecule has 1 saturated carbocycles. The van der Waals surface area contributed by atoms with Crippen LogP contribution in [-0.2, 0) is 9.59 Å². The molecule has 1 heterocycles. The van der Waals surface area contributed by atoms with Crippen LogP contribution in [0.15, 0.2) is 18.2 Å². The number of likely N-dealkylation sites (tertiary alicyclic amines) is 1. The largest absolute Gasteiger partial charge is 0.480 e. The smallest absolute Gasteiger partial charge is 0.326 e. The maximum absolute atomic E-state index is 13.3. The molecule has 0 radical (unpaired) electrons. The number of aliphatic carboxylic acids is 1. The molecule has 0 bridgehead atoms. The van der Waals surface area contributed by atoms with Crippen molar-refractivity contribution < 1.29 is 23.5 Å². The van der Waals surface area contributed by atoms with Gasteiger partial charge in [0.2, 0.25) is 5.91 Å². The highest BCUT2D eigenvalue weighted by Gasteiger charge is 2.48. The average molecular weight is 309 g/mol. The number of hydrogen-bond donors (Lipinski definition) is 1. The van der Waals surface area contributed by atoms with Crippen LogP contribution in [0.4, 0.5) is 8.78 Å². The van der Waals surface area contributed by atoms with Gasteiger partial charge in [-0.1, -0.05) is 6.07 Å². The Bertz CT molecular complexity index is 619. The van der Waals surface area contributed by atoms with Gasteiger partial charge in [-0.2, -0.15) is 0 Å². The summed E-state index contributed by atoms with van der Waals surface area (Å²) in [6.45, 7) is 0.455. The molecule has 2 aliphatic rings. The van der Waals surface area contributed by atoms with Gasteiger partial charge in [-0.3, -0.25) is 4.79 Å². The van der Waals surface area contributed by atoms with Gasteiger partial charge in [0.1, 0.15) is 6.04 Å². The van der Waals surface area contributed by atoms with Gasteiger partial charge >= 0.3 is 5.97 Å². The molecule has 118 valence electrons. The minimum Gasteiger partial charge on any atom is -0.480 e. The Balaban J connectivity index is 1.71. The van der Waals surface area contributed by atoms with E-state index >= 15 is 0 Å². The highest BCUT2D eigenvalue weighted by Crippen LogP contribution is 2.49. The SMILES string of the molecule is O=C(O)[C@@H]1CCCCN1C(=O)[C@@H]1C[C@H]1c1ccc(F)c(F)c1. The number of halogens is 2. The Morgan fingerprint density at radius 3 is 2.64 bits per heavy atom. The normalized spacial score (nSPS) is 27.5. The summed E-state index contributed by atoms with van der Waals surface area (Å²) in [4.78, 5) is 25.2. The van der Waals surface area contributed by atoms with E-state index in [1.807, 2.05) is 0 Å². The van der Waals surface area contributed by atoms with Crippen LogP contribution in [0.3, 0.4) is 0 Å². The third kappa shape index (κ3) is 2.69. The summed E-state index contributed by atoms with van der Waals surface area (Å²) in [6.07, 6.45) is 2.65. The van der Waals surface area contributed by atoms with Gasteiger partial charge in [0.15, 0.2) is 11.6 Å². The quantitative estimate of drug-likeness (QED) is 0.933. The number of piperidine rings is 1. The first kappa shape index (κ1) is 14.9. The van der Waals surface area contributed by atoms with E-state index in [0.29, 0.717) is 24.9 Å². The molecule has 1 aliphatic heterocycles. The highest BCUT2D eigenvalue weighted by molar-refractivity contribution is 5.87. The Morgan fingerprint density at radius 2 is 1.95 bits per heavy atom. The Morgan fingerprint density at radius 1 is 1.18 bits per heavy atom. The summed E-state index contributed by atoms with van der Waals surface area (Å²) in [7, 11) is 0. The number of carboxylic acids is 1. The van der Waals surface area contributed by atoms with E-state index in [4.69, 9.17) is 0 Å². The van der Waals surface area contributed by atoms with Crippen LogP contribution < -0.4 is 0 Å². The third-order valence-electron chi connectivity index (χ3n) is 4.55. The number of carboxylic acid groups (broad SMARTS) is 1. The summed E-state index contributed by atoms with van der Waals surface area (Å²) in [6, 6.07) is 2.91. The average Bonchev–Trinajstić information content (AvgIpc) is 3.30. The van der Waals surface area contributed by atoms with Crippen LogP contribution >= 0.6 is 0 Å². The first-order valence-electron chi connectivity index (χ1n) is 7.47. The summed E-state index contributed by atoms with van der Waals surface area (Å²) in [5.74, 6) is -3.44. The summed E-state index contributed by atoms with van der Waals surface area (Å²) < 4.78 is 26.2. The zero-order valence-electron chi connectivity index (χ0n) is 12.0. The van der Waals surface area contributed by atoms with Crippen LogP contribution in [0.2, 0.25) is 0 Å². The first-order valence-corrected chi connectivity index (χ1v) is 7.47. The van der Waals surface area contributed by atoms with Crippen LogP contribution in [0.1, 0.15) is 37.2 Å². The van der Waals surface area contributed by atoms with Crippen molar-refractivity contribution >= 4 is 11.9 Å². The molecule has 1 aromatic rings. The lowest BCUT2D eigenvalue weighted by atomic mass is 10.0. The fraction of sp³-hybridized carbons (Fsp3) is 0.500. The van der Waals surface area contributed by atoms with E-state index in [0.717, 1.165) is 25.0 Å². The molecule has 0 aromatic heterocycles. The van der Waals surface area contributed by atoms with Crippen molar-refractivity contribution in [1.29, 1.82) is 0 Å². The molecule has 3 rings (SSSR count). The van der Waals surface area contributed by atoms with Gasteiger partial charge in [-0.25, -0.2) is 13.6 Å². The first-order chi connectivity index (χ1) is 10.5. The molecule has 1 N–H and O–H groups in total. The molecule has 0 unspecified atom stereocenters. The second-order valence-electron chi connectivity index (χ2n) is 6.00. The molecule has 1 amide bonds. The Hall–Kier alpha value is -1.98. The van der Waals surface area contributed by atoms with Crippen molar-refractivity contribution in [3.63, 3.8) is 0 Å². The molecule has 1 aliphatic carbocycles. The number of benzene rings is 1. The summed E-state index contributed by atoms with van der Waals surface area (Å²) in [5.41, 5.74) is 0.598. The van der Waals surface area contributed by atoms with Gasteiger partial charge < -0.3 is 10.0 Å². The van der Waals surface area contributed by atoms with Crippen molar-refractivity contribution in [3.8, 4) is 0 Å². The molecule has 4 nitrogen and oxygen atoms in total. The van der Waals surface area contributed by atoms with Gasteiger partial charge in [0.05, 0.1) is 0 Å². The van der Waals surface area contributed by atoms with Crippen LogP contribution in [-0.4, -0.2) is 34.5 Å². The predicted octanol–water partition coefficient (Wildman–Crippen LogP) is 2.53. The van der Waals surface area contributed by atoms with Crippen LogP contribution in [0.25, 0.3) is 0 Å². The number of carbonyl (C=O) groups is 2. The maximum atomic E-state index is 13.3. The lowest BCUT2D eigenvalue weighted by Gasteiger charge is -2.33. The van der Waals surface area contributed by atoms with E-state index in [2.05, 4.69) is 0 Å². The van der Waals surface area contributed by atoms with Gasteiger partial charge in [0.25, 0.3) is 0 Å². The molecule has 2 fully saturated rings. The predicted molar refractivity (Wildman–Crippen MR) is 74.2 cm³/mol. The fourth-order valence-electron chi connectivity index (χ4n) is 3.24. The number of amides is 1. The zero-order valence-corrected chi connectivity index (χ0v) is 12.0. The van der Waals surface area contributed by atoms with Crippen LogP contribution in [0.5, 0.6) is 0 Å². The third-order valence-corrected chi connectivity index (χ3v) is 4.55.